The highest BCUT2D eigenvalue weighted by atomic mass is 35.5. The van der Waals surface area contributed by atoms with Gasteiger partial charge in [-0.3, -0.25) is 25.0 Å². The molecule has 0 radical (unpaired) electrons. The molecule has 8 heteroatoms. The Balaban J connectivity index is 1.93. The van der Waals surface area contributed by atoms with E-state index in [1.807, 2.05) is 0 Å². The zero-order valence-corrected chi connectivity index (χ0v) is 14.0. The van der Waals surface area contributed by atoms with Crippen LogP contribution in [0.5, 0.6) is 0 Å². The third-order valence-electron chi connectivity index (χ3n) is 3.66. The van der Waals surface area contributed by atoms with Gasteiger partial charge in [0.15, 0.2) is 0 Å². The zero-order valence-electron chi connectivity index (χ0n) is 13.2. The summed E-state index contributed by atoms with van der Waals surface area (Å²) in [4.78, 5) is 29.0. The van der Waals surface area contributed by atoms with Gasteiger partial charge in [-0.25, -0.2) is 9.37 Å². The number of benzene rings is 2. The Labute approximate surface area is 147 Å². The molecular weight excluding hydrogens is 347 g/mol. The average molecular weight is 361 g/mol. The summed E-state index contributed by atoms with van der Waals surface area (Å²) < 4.78 is 15.2. The number of nitrogens with one attached hydrogen (secondary N) is 2. The van der Waals surface area contributed by atoms with E-state index in [-0.39, 0.29) is 22.1 Å². The quantitative estimate of drug-likeness (QED) is 0.701. The lowest BCUT2D eigenvalue weighted by molar-refractivity contribution is 0.0958. The molecule has 2 N–H and O–H groups in total. The van der Waals surface area contributed by atoms with E-state index in [1.54, 1.807) is 31.2 Å². The van der Waals surface area contributed by atoms with Crippen molar-refractivity contribution in [2.45, 2.75) is 13.5 Å². The lowest BCUT2D eigenvalue weighted by atomic mass is 10.2. The van der Waals surface area contributed by atoms with Crippen molar-refractivity contribution in [2.24, 2.45) is 0 Å². The highest BCUT2D eigenvalue weighted by Gasteiger charge is 2.16. The molecule has 2 aromatic carbocycles. The second kappa shape index (κ2) is 6.90. The standard InChI is InChI=1S/C17H14ClFN4O2/c1-2-23-16(25)10-6-3-4-9-13(10)20-17(23)22-21-15(24)14-11(18)7-5-8-12(14)19/h3-9H,2H2,1H3,(H,20,22)(H,21,24). The fourth-order valence-electron chi connectivity index (χ4n) is 2.45. The van der Waals surface area contributed by atoms with Gasteiger partial charge in [0, 0.05) is 6.54 Å². The number of aromatic nitrogens is 2. The van der Waals surface area contributed by atoms with Gasteiger partial charge in [0.1, 0.15) is 5.82 Å². The first-order chi connectivity index (χ1) is 12.0. The summed E-state index contributed by atoms with van der Waals surface area (Å²) in [6, 6.07) is 10.8. The van der Waals surface area contributed by atoms with Gasteiger partial charge < -0.3 is 0 Å². The monoisotopic (exact) mass is 360 g/mol. The van der Waals surface area contributed by atoms with Gasteiger partial charge in [-0.05, 0) is 31.2 Å². The lowest BCUT2D eigenvalue weighted by Crippen LogP contribution is -2.34. The van der Waals surface area contributed by atoms with Gasteiger partial charge in [0.05, 0.1) is 21.5 Å². The van der Waals surface area contributed by atoms with Crippen molar-refractivity contribution in [1.82, 2.24) is 15.0 Å². The zero-order chi connectivity index (χ0) is 18.0. The van der Waals surface area contributed by atoms with E-state index < -0.39 is 11.7 Å². The van der Waals surface area contributed by atoms with Crippen LogP contribution in [-0.2, 0) is 6.54 Å². The number of anilines is 1. The molecule has 0 bridgehead atoms. The highest BCUT2D eigenvalue weighted by molar-refractivity contribution is 6.33. The lowest BCUT2D eigenvalue weighted by Gasteiger charge is -2.14. The molecule has 1 aromatic heterocycles. The van der Waals surface area contributed by atoms with Crippen LogP contribution < -0.4 is 16.4 Å². The molecule has 6 nitrogen and oxygen atoms in total. The third-order valence-corrected chi connectivity index (χ3v) is 3.97. The van der Waals surface area contributed by atoms with Crippen LogP contribution in [0.1, 0.15) is 17.3 Å². The van der Waals surface area contributed by atoms with Crippen LogP contribution in [0, 0.1) is 5.82 Å². The summed E-state index contributed by atoms with van der Waals surface area (Å²) >= 11 is 5.87. The summed E-state index contributed by atoms with van der Waals surface area (Å²) in [6.07, 6.45) is 0. The van der Waals surface area contributed by atoms with Crippen molar-refractivity contribution in [2.75, 3.05) is 5.43 Å². The van der Waals surface area contributed by atoms with E-state index in [9.17, 15) is 14.0 Å². The number of fused-ring (bicyclic) bond motifs is 1. The van der Waals surface area contributed by atoms with Gasteiger partial charge in [0.2, 0.25) is 5.95 Å². The molecule has 0 aliphatic carbocycles. The van der Waals surface area contributed by atoms with Crippen molar-refractivity contribution >= 4 is 34.4 Å². The summed E-state index contributed by atoms with van der Waals surface area (Å²) in [5.41, 5.74) is 4.86. The Kier molecular flexibility index (Phi) is 4.67. The molecule has 1 heterocycles. The summed E-state index contributed by atoms with van der Waals surface area (Å²) in [6.45, 7) is 2.12. The number of hydrogen-bond donors (Lipinski definition) is 2. The van der Waals surface area contributed by atoms with Crippen LogP contribution in [0.2, 0.25) is 5.02 Å². The molecule has 0 unspecified atom stereocenters. The normalized spacial score (nSPS) is 10.7. The number of hydrazine groups is 1. The third kappa shape index (κ3) is 3.18. The van der Waals surface area contributed by atoms with Crippen LogP contribution in [-0.4, -0.2) is 15.5 Å². The Hall–Kier alpha value is -2.93. The molecule has 3 aromatic rings. The first-order valence-corrected chi connectivity index (χ1v) is 7.90. The van der Waals surface area contributed by atoms with Gasteiger partial charge in [-0.2, -0.15) is 0 Å². The predicted molar refractivity (Wildman–Crippen MR) is 94.2 cm³/mol. The molecule has 3 rings (SSSR count). The minimum absolute atomic E-state index is 0.0151. The van der Waals surface area contributed by atoms with Crippen LogP contribution >= 0.6 is 11.6 Å². The molecule has 128 valence electrons. The smallest absolute Gasteiger partial charge is 0.274 e. The molecule has 0 atom stereocenters. The Morgan fingerprint density at radius 3 is 2.72 bits per heavy atom. The molecule has 25 heavy (non-hydrogen) atoms. The van der Waals surface area contributed by atoms with Gasteiger partial charge in [-0.15, -0.1) is 0 Å². The summed E-state index contributed by atoms with van der Waals surface area (Å²) in [5, 5.41) is 0.456. The minimum Gasteiger partial charge on any atom is -0.277 e. The van der Waals surface area contributed by atoms with Crippen molar-refractivity contribution < 1.29 is 9.18 Å². The maximum atomic E-state index is 13.8. The van der Waals surface area contributed by atoms with Gasteiger partial charge in [-0.1, -0.05) is 29.8 Å². The van der Waals surface area contributed by atoms with Crippen LogP contribution in [0.15, 0.2) is 47.3 Å². The summed E-state index contributed by atoms with van der Waals surface area (Å²) in [5.74, 6) is -1.37. The fraction of sp³-hybridized carbons (Fsp3) is 0.118. The second-order valence-electron chi connectivity index (χ2n) is 5.18. The minimum atomic E-state index is -0.770. The van der Waals surface area contributed by atoms with E-state index >= 15 is 0 Å². The maximum absolute atomic E-state index is 13.8. The molecule has 0 aliphatic rings. The van der Waals surface area contributed by atoms with Crippen molar-refractivity contribution in [3.8, 4) is 0 Å². The molecular formula is C17H14ClFN4O2. The largest absolute Gasteiger partial charge is 0.277 e. The first kappa shape index (κ1) is 16.9. The van der Waals surface area contributed by atoms with E-state index in [1.165, 1.54) is 16.7 Å². The average Bonchev–Trinajstić information content (AvgIpc) is 2.60. The molecule has 1 amide bonds. The van der Waals surface area contributed by atoms with Crippen molar-refractivity contribution in [1.29, 1.82) is 0 Å². The Morgan fingerprint density at radius 1 is 1.24 bits per heavy atom. The number of carbonyl (C=O) groups excluding carboxylic acids is 1. The van der Waals surface area contributed by atoms with E-state index in [2.05, 4.69) is 15.8 Å². The van der Waals surface area contributed by atoms with E-state index in [0.717, 1.165) is 6.07 Å². The van der Waals surface area contributed by atoms with E-state index in [0.29, 0.717) is 17.4 Å². The van der Waals surface area contributed by atoms with Crippen molar-refractivity contribution in [3.63, 3.8) is 0 Å². The number of amides is 1. The molecule has 0 spiro atoms. The number of rotatable bonds is 4. The van der Waals surface area contributed by atoms with Gasteiger partial charge in [0.25, 0.3) is 11.5 Å². The number of carbonyl (C=O) groups is 1. The fourth-order valence-corrected chi connectivity index (χ4v) is 2.70. The SMILES string of the molecule is CCn1c(NNC(=O)c2c(F)cccc2Cl)nc2ccccc2c1=O. The Bertz CT molecular complexity index is 999. The molecule has 0 fully saturated rings. The van der Waals surface area contributed by atoms with Crippen LogP contribution in [0.4, 0.5) is 10.3 Å². The Morgan fingerprint density at radius 2 is 2.00 bits per heavy atom. The number of hydrogen-bond acceptors (Lipinski definition) is 4. The highest BCUT2D eigenvalue weighted by Crippen LogP contribution is 2.18. The maximum Gasteiger partial charge on any atom is 0.274 e. The molecule has 0 aliphatic heterocycles. The van der Waals surface area contributed by atoms with Crippen LogP contribution in [0.25, 0.3) is 10.9 Å². The topological polar surface area (TPSA) is 76.0 Å². The van der Waals surface area contributed by atoms with Gasteiger partial charge >= 0.3 is 0 Å². The van der Waals surface area contributed by atoms with Crippen molar-refractivity contribution in [3.05, 3.63) is 69.2 Å². The number of nitrogens with zero attached hydrogens (tertiary/aromatic N) is 2. The molecule has 0 saturated carbocycles. The summed E-state index contributed by atoms with van der Waals surface area (Å²) in [7, 11) is 0. The molecule has 0 saturated heterocycles. The number of para-hydroxylation sites is 1. The van der Waals surface area contributed by atoms with E-state index in [4.69, 9.17) is 11.6 Å². The predicted octanol–water partition coefficient (Wildman–Crippen LogP) is 2.97. The first-order valence-electron chi connectivity index (χ1n) is 7.53. The number of halogens is 2. The second-order valence-corrected chi connectivity index (χ2v) is 5.58. The van der Waals surface area contributed by atoms with Crippen LogP contribution in [0.3, 0.4) is 0 Å².